The van der Waals surface area contributed by atoms with Crippen molar-refractivity contribution in [2.45, 2.75) is 25.0 Å². The highest BCUT2D eigenvalue weighted by molar-refractivity contribution is 7.98. The summed E-state index contributed by atoms with van der Waals surface area (Å²) in [7, 11) is 0. The van der Waals surface area contributed by atoms with E-state index in [4.69, 9.17) is 16.7 Å². The van der Waals surface area contributed by atoms with Gasteiger partial charge in [0, 0.05) is 18.1 Å². The molecule has 0 aromatic carbocycles. The van der Waals surface area contributed by atoms with Gasteiger partial charge in [0.15, 0.2) is 0 Å². The van der Waals surface area contributed by atoms with E-state index in [1.165, 1.54) is 0 Å². The average molecular weight is 272 g/mol. The Balaban J connectivity index is 1.80. The van der Waals surface area contributed by atoms with Crippen LogP contribution in [0.15, 0.2) is 18.5 Å². The third-order valence-electron chi connectivity index (χ3n) is 3.01. The molecule has 1 aliphatic carbocycles. The number of rotatable bonds is 6. The van der Waals surface area contributed by atoms with E-state index in [0.29, 0.717) is 11.4 Å². The molecule has 0 amide bonds. The topological polar surface area (TPSA) is 50.2 Å². The highest BCUT2D eigenvalue weighted by Gasteiger charge is 2.43. The lowest BCUT2D eigenvalue weighted by Crippen LogP contribution is -2.11. The summed E-state index contributed by atoms with van der Waals surface area (Å²) in [5.74, 6) is 1.03. The number of nitrogens with zero attached hydrogens (tertiary/aromatic N) is 1. The van der Waals surface area contributed by atoms with Gasteiger partial charge in [-0.1, -0.05) is 11.6 Å². The molecule has 0 atom stereocenters. The molecule has 0 spiro atoms. The Bertz CT molecular complexity index is 421. The normalized spacial score (nSPS) is 16.8. The number of hydrogen-bond acceptors (Lipinski definition) is 3. The maximum absolute atomic E-state index is 10.7. The first kappa shape index (κ1) is 12.7. The minimum atomic E-state index is -0.690. The third kappa shape index (κ3) is 3.61. The van der Waals surface area contributed by atoms with Crippen molar-refractivity contribution in [3.8, 4) is 0 Å². The number of carboxylic acids is 1. The number of carboxylic acid groups (broad SMARTS) is 1. The summed E-state index contributed by atoms with van der Waals surface area (Å²) < 4.78 is 0. The first-order valence-corrected chi connectivity index (χ1v) is 7.03. The largest absolute Gasteiger partial charge is 0.481 e. The Morgan fingerprint density at radius 2 is 2.35 bits per heavy atom. The molecule has 92 valence electrons. The van der Waals surface area contributed by atoms with Crippen LogP contribution in [-0.4, -0.2) is 21.8 Å². The predicted molar refractivity (Wildman–Crippen MR) is 69.3 cm³/mol. The van der Waals surface area contributed by atoms with E-state index in [1.807, 2.05) is 6.07 Å². The van der Waals surface area contributed by atoms with Crippen LogP contribution in [0, 0.1) is 5.41 Å². The number of pyridine rings is 1. The zero-order chi connectivity index (χ0) is 12.3. The molecule has 0 bridgehead atoms. The second kappa shape index (κ2) is 5.27. The first-order valence-electron chi connectivity index (χ1n) is 5.49. The third-order valence-corrected chi connectivity index (χ3v) is 4.68. The van der Waals surface area contributed by atoms with Crippen molar-refractivity contribution in [1.29, 1.82) is 0 Å². The lowest BCUT2D eigenvalue weighted by atomic mass is 10.1. The standard InChI is InChI=1S/C12H14ClNO2S/c13-10-6-14-4-1-9(10)7-17-8-12(2-3-12)5-11(15)16/h1,4,6H,2-3,5,7-8H2,(H,15,16). The fraction of sp³-hybridized carbons (Fsp3) is 0.500. The monoisotopic (exact) mass is 271 g/mol. The Morgan fingerprint density at radius 1 is 1.59 bits per heavy atom. The van der Waals surface area contributed by atoms with Crippen LogP contribution in [0.5, 0.6) is 0 Å². The van der Waals surface area contributed by atoms with E-state index in [9.17, 15) is 4.79 Å². The number of halogens is 1. The number of hydrogen-bond donors (Lipinski definition) is 1. The van der Waals surface area contributed by atoms with Gasteiger partial charge in [-0.15, -0.1) is 0 Å². The van der Waals surface area contributed by atoms with Gasteiger partial charge in [-0.05, 0) is 35.6 Å². The van der Waals surface area contributed by atoms with Gasteiger partial charge < -0.3 is 5.11 Å². The van der Waals surface area contributed by atoms with Gasteiger partial charge in [-0.2, -0.15) is 11.8 Å². The highest BCUT2D eigenvalue weighted by atomic mass is 35.5. The molecule has 0 radical (unpaired) electrons. The number of carbonyl (C=O) groups is 1. The van der Waals surface area contributed by atoms with Crippen molar-refractivity contribution in [2.75, 3.05) is 5.75 Å². The van der Waals surface area contributed by atoms with E-state index < -0.39 is 5.97 Å². The molecule has 1 aliphatic rings. The van der Waals surface area contributed by atoms with E-state index in [1.54, 1.807) is 24.2 Å². The molecule has 0 saturated heterocycles. The minimum Gasteiger partial charge on any atom is -0.481 e. The maximum Gasteiger partial charge on any atom is 0.303 e. The molecule has 0 unspecified atom stereocenters. The molecule has 1 fully saturated rings. The Hall–Kier alpha value is -0.740. The molecule has 1 heterocycles. The van der Waals surface area contributed by atoms with E-state index >= 15 is 0 Å². The van der Waals surface area contributed by atoms with E-state index in [-0.39, 0.29) is 5.41 Å². The molecule has 2 rings (SSSR count). The van der Waals surface area contributed by atoms with Gasteiger partial charge in [0.05, 0.1) is 11.4 Å². The van der Waals surface area contributed by atoms with Crippen LogP contribution in [0.4, 0.5) is 0 Å². The molecule has 3 nitrogen and oxygen atoms in total. The van der Waals surface area contributed by atoms with Crippen LogP contribution in [0.25, 0.3) is 0 Å². The smallest absolute Gasteiger partial charge is 0.303 e. The van der Waals surface area contributed by atoms with Gasteiger partial charge >= 0.3 is 5.97 Å². The number of thioether (sulfide) groups is 1. The van der Waals surface area contributed by atoms with Crippen molar-refractivity contribution in [3.63, 3.8) is 0 Å². The van der Waals surface area contributed by atoms with Crippen LogP contribution in [0.3, 0.4) is 0 Å². The number of aromatic nitrogens is 1. The lowest BCUT2D eigenvalue weighted by molar-refractivity contribution is -0.138. The summed E-state index contributed by atoms with van der Waals surface area (Å²) in [6.45, 7) is 0. The summed E-state index contributed by atoms with van der Waals surface area (Å²) in [6, 6.07) is 1.91. The molecule has 1 N–H and O–H groups in total. The highest BCUT2D eigenvalue weighted by Crippen LogP contribution is 2.51. The Morgan fingerprint density at radius 3 is 2.94 bits per heavy atom. The molecule has 1 aromatic rings. The molecule has 17 heavy (non-hydrogen) atoms. The summed E-state index contributed by atoms with van der Waals surface area (Å²) in [5.41, 5.74) is 1.12. The minimum absolute atomic E-state index is 0.0516. The second-order valence-corrected chi connectivity index (χ2v) is 5.92. The van der Waals surface area contributed by atoms with E-state index in [2.05, 4.69) is 4.98 Å². The van der Waals surface area contributed by atoms with Gasteiger partial charge in [-0.3, -0.25) is 9.78 Å². The zero-order valence-corrected chi connectivity index (χ0v) is 10.9. The number of aliphatic carboxylic acids is 1. The van der Waals surface area contributed by atoms with Crippen LogP contribution in [0.2, 0.25) is 5.02 Å². The van der Waals surface area contributed by atoms with Crippen LogP contribution in [0.1, 0.15) is 24.8 Å². The molecular formula is C12H14ClNO2S. The lowest BCUT2D eigenvalue weighted by Gasteiger charge is -2.11. The molecular weight excluding hydrogens is 258 g/mol. The average Bonchev–Trinajstić information content (AvgIpc) is 3.00. The molecule has 0 aliphatic heterocycles. The second-order valence-electron chi connectivity index (χ2n) is 4.53. The van der Waals surface area contributed by atoms with Crippen LogP contribution >= 0.6 is 23.4 Å². The Labute approximate surface area is 110 Å². The van der Waals surface area contributed by atoms with Crippen molar-refractivity contribution >= 4 is 29.3 Å². The quantitative estimate of drug-likeness (QED) is 0.863. The summed E-state index contributed by atoms with van der Waals surface area (Å²) >= 11 is 7.76. The predicted octanol–water partition coefficient (Wildman–Crippen LogP) is 3.22. The summed E-state index contributed by atoms with van der Waals surface area (Å²) in [6.07, 6.45) is 5.74. The van der Waals surface area contributed by atoms with Crippen LogP contribution in [-0.2, 0) is 10.5 Å². The van der Waals surface area contributed by atoms with E-state index in [0.717, 1.165) is 29.9 Å². The Kier molecular flexibility index (Phi) is 3.94. The fourth-order valence-electron chi connectivity index (χ4n) is 1.77. The molecule has 1 saturated carbocycles. The molecule has 1 aromatic heterocycles. The fourth-order valence-corrected chi connectivity index (χ4v) is 3.43. The van der Waals surface area contributed by atoms with Crippen molar-refractivity contribution in [2.24, 2.45) is 5.41 Å². The summed E-state index contributed by atoms with van der Waals surface area (Å²) in [5, 5.41) is 9.49. The maximum atomic E-state index is 10.7. The van der Waals surface area contributed by atoms with Crippen molar-refractivity contribution in [1.82, 2.24) is 4.98 Å². The zero-order valence-electron chi connectivity index (χ0n) is 9.36. The van der Waals surface area contributed by atoms with Gasteiger partial charge in [0.1, 0.15) is 0 Å². The van der Waals surface area contributed by atoms with Crippen molar-refractivity contribution in [3.05, 3.63) is 29.0 Å². The van der Waals surface area contributed by atoms with Crippen LogP contribution < -0.4 is 0 Å². The SMILES string of the molecule is O=C(O)CC1(CSCc2ccncc2Cl)CC1. The van der Waals surface area contributed by atoms with Gasteiger partial charge in [0.25, 0.3) is 0 Å². The summed E-state index contributed by atoms with van der Waals surface area (Å²) in [4.78, 5) is 14.6. The van der Waals surface area contributed by atoms with Gasteiger partial charge in [-0.25, -0.2) is 0 Å². The van der Waals surface area contributed by atoms with Gasteiger partial charge in [0.2, 0.25) is 0 Å². The first-order chi connectivity index (χ1) is 8.11. The van der Waals surface area contributed by atoms with Crippen molar-refractivity contribution < 1.29 is 9.90 Å². The molecule has 5 heteroatoms.